The summed E-state index contributed by atoms with van der Waals surface area (Å²) in [6, 6.07) is 4.65. The normalized spacial score (nSPS) is 30.3. The lowest BCUT2D eigenvalue weighted by Gasteiger charge is -2.42. The van der Waals surface area contributed by atoms with Gasteiger partial charge in [0.25, 0.3) is 0 Å². The molecule has 1 aromatic rings. The summed E-state index contributed by atoms with van der Waals surface area (Å²) in [6.07, 6.45) is 3.18. The minimum atomic E-state index is 0.0356. The maximum absolute atomic E-state index is 6.07. The molecule has 0 saturated carbocycles. The first-order chi connectivity index (χ1) is 8.50. The smallest absolute Gasteiger partial charge is 0.133 e. The molecule has 2 rings (SSSR count). The van der Waals surface area contributed by atoms with Crippen LogP contribution in [-0.4, -0.2) is 17.6 Å². The fraction of sp³-hybridized carbons (Fsp3) is 0.667. The van der Waals surface area contributed by atoms with Crippen molar-refractivity contribution in [2.75, 3.05) is 11.4 Å². The van der Waals surface area contributed by atoms with Crippen molar-refractivity contribution in [1.82, 2.24) is 4.98 Å². The van der Waals surface area contributed by atoms with Crippen molar-refractivity contribution in [3.63, 3.8) is 0 Å². The van der Waals surface area contributed by atoms with Gasteiger partial charge in [-0.1, -0.05) is 19.9 Å². The Bertz CT molecular complexity index is 402. The van der Waals surface area contributed by atoms with Crippen molar-refractivity contribution in [2.24, 2.45) is 17.6 Å². The van der Waals surface area contributed by atoms with Gasteiger partial charge in [0, 0.05) is 30.4 Å². The van der Waals surface area contributed by atoms with Crippen molar-refractivity contribution < 1.29 is 0 Å². The van der Waals surface area contributed by atoms with E-state index in [0.717, 1.165) is 23.8 Å². The molecule has 2 heterocycles. The number of rotatable bonds is 2. The summed E-state index contributed by atoms with van der Waals surface area (Å²) in [6.45, 7) is 10.1. The molecule has 3 nitrogen and oxygen atoms in total. The molecule has 1 aliphatic heterocycles. The van der Waals surface area contributed by atoms with E-state index in [1.54, 1.807) is 0 Å². The molecule has 0 spiro atoms. The number of hydrogen-bond donors (Lipinski definition) is 1. The molecule has 1 fully saturated rings. The molecule has 2 N–H and O–H groups in total. The van der Waals surface area contributed by atoms with E-state index < -0.39 is 0 Å². The van der Waals surface area contributed by atoms with Gasteiger partial charge < -0.3 is 10.6 Å². The number of aromatic nitrogens is 1. The zero-order valence-electron chi connectivity index (χ0n) is 11.9. The second-order valence-corrected chi connectivity index (χ2v) is 5.92. The summed E-state index contributed by atoms with van der Waals surface area (Å²) < 4.78 is 0. The molecular formula is C15H25N3. The first kappa shape index (κ1) is 13.3. The molecule has 4 unspecified atom stereocenters. The van der Waals surface area contributed by atoms with Gasteiger partial charge in [-0.3, -0.25) is 0 Å². The minimum Gasteiger partial charge on any atom is -0.353 e. The Morgan fingerprint density at radius 2 is 2.11 bits per heavy atom. The summed E-state index contributed by atoms with van der Waals surface area (Å²) in [7, 11) is 0. The Kier molecular flexibility index (Phi) is 3.91. The molecule has 0 aromatic carbocycles. The molecule has 18 heavy (non-hydrogen) atoms. The third kappa shape index (κ3) is 2.51. The van der Waals surface area contributed by atoms with Crippen LogP contribution in [-0.2, 0) is 0 Å². The van der Waals surface area contributed by atoms with Crippen LogP contribution in [0.15, 0.2) is 18.3 Å². The molecule has 1 saturated heterocycles. The van der Waals surface area contributed by atoms with E-state index in [-0.39, 0.29) is 6.04 Å². The van der Waals surface area contributed by atoms with Gasteiger partial charge in [-0.2, -0.15) is 0 Å². The predicted octanol–water partition coefficient (Wildman–Crippen LogP) is 2.97. The average Bonchev–Trinajstić information content (AvgIpc) is 2.33. The van der Waals surface area contributed by atoms with Crippen LogP contribution < -0.4 is 10.6 Å². The number of anilines is 1. The Balaban J connectivity index is 2.35. The Morgan fingerprint density at radius 1 is 1.39 bits per heavy atom. The lowest BCUT2D eigenvalue weighted by atomic mass is 9.85. The number of hydrogen-bond acceptors (Lipinski definition) is 3. The first-order valence-electron chi connectivity index (χ1n) is 6.97. The van der Waals surface area contributed by atoms with Gasteiger partial charge in [0.1, 0.15) is 5.82 Å². The van der Waals surface area contributed by atoms with Crippen LogP contribution in [0, 0.1) is 11.8 Å². The van der Waals surface area contributed by atoms with Gasteiger partial charge in [-0.25, -0.2) is 4.98 Å². The number of piperidine rings is 1. The molecule has 0 amide bonds. The van der Waals surface area contributed by atoms with Crippen molar-refractivity contribution >= 4 is 5.82 Å². The highest BCUT2D eigenvalue weighted by atomic mass is 15.2. The second-order valence-electron chi connectivity index (χ2n) is 5.92. The first-order valence-corrected chi connectivity index (χ1v) is 6.97. The van der Waals surface area contributed by atoms with Crippen LogP contribution in [0.25, 0.3) is 0 Å². The Morgan fingerprint density at radius 3 is 2.78 bits per heavy atom. The standard InChI is InChI=1S/C15H25N3/c1-10-8-11(2)13(4)18(9-10)15-14(12(3)16)6-5-7-17-15/h5-7,10-13H,8-9,16H2,1-4H3. The van der Waals surface area contributed by atoms with Crippen molar-refractivity contribution in [3.8, 4) is 0 Å². The van der Waals surface area contributed by atoms with Crippen LogP contribution in [0.2, 0.25) is 0 Å². The lowest BCUT2D eigenvalue weighted by Crippen LogP contribution is -2.46. The topological polar surface area (TPSA) is 42.2 Å². The highest BCUT2D eigenvalue weighted by Gasteiger charge is 2.30. The summed E-state index contributed by atoms with van der Waals surface area (Å²) in [5.41, 5.74) is 7.23. The summed E-state index contributed by atoms with van der Waals surface area (Å²) in [5.74, 6) is 2.51. The zero-order chi connectivity index (χ0) is 13.3. The van der Waals surface area contributed by atoms with E-state index in [1.807, 2.05) is 19.2 Å². The van der Waals surface area contributed by atoms with E-state index in [0.29, 0.717) is 12.0 Å². The van der Waals surface area contributed by atoms with Crippen LogP contribution in [0.1, 0.15) is 45.7 Å². The molecule has 3 heteroatoms. The fourth-order valence-electron chi connectivity index (χ4n) is 3.00. The average molecular weight is 247 g/mol. The van der Waals surface area contributed by atoms with E-state index in [4.69, 9.17) is 5.73 Å². The molecule has 0 aliphatic carbocycles. The third-order valence-corrected chi connectivity index (χ3v) is 4.18. The maximum atomic E-state index is 6.07. The number of nitrogens with two attached hydrogens (primary N) is 1. The van der Waals surface area contributed by atoms with E-state index in [2.05, 4.69) is 36.7 Å². The van der Waals surface area contributed by atoms with Crippen molar-refractivity contribution in [1.29, 1.82) is 0 Å². The summed E-state index contributed by atoms with van der Waals surface area (Å²) >= 11 is 0. The molecule has 1 aliphatic rings. The van der Waals surface area contributed by atoms with Crippen molar-refractivity contribution in [3.05, 3.63) is 23.9 Å². The number of pyridine rings is 1. The van der Waals surface area contributed by atoms with Gasteiger partial charge in [0.2, 0.25) is 0 Å². The van der Waals surface area contributed by atoms with Gasteiger partial charge in [0.05, 0.1) is 0 Å². The zero-order valence-corrected chi connectivity index (χ0v) is 11.9. The van der Waals surface area contributed by atoms with Gasteiger partial charge >= 0.3 is 0 Å². The van der Waals surface area contributed by atoms with Crippen LogP contribution in [0.4, 0.5) is 5.82 Å². The fourth-order valence-corrected chi connectivity index (χ4v) is 3.00. The predicted molar refractivity (Wildman–Crippen MR) is 76.6 cm³/mol. The lowest BCUT2D eigenvalue weighted by molar-refractivity contribution is 0.295. The maximum Gasteiger partial charge on any atom is 0.133 e. The van der Waals surface area contributed by atoms with Gasteiger partial charge in [0.15, 0.2) is 0 Å². The summed E-state index contributed by atoms with van der Waals surface area (Å²) in [5, 5.41) is 0. The second kappa shape index (κ2) is 5.27. The Labute approximate surface area is 110 Å². The molecule has 1 aromatic heterocycles. The molecule has 4 atom stereocenters. The number of nitrogens with zero attached hydrogens (tertiary/aromatic N) is 2. The monoisotopic (exact) mass is 247 g/mol. The third-order valence-electron chi connectivity index (χ3n) is 4.18. The minimum absolute atomic E-state index is 0.0356. The van der Waals surface area contributed by atoms with Crippen LogP contribution in [0.3, 0.4) is 0 Å². The van der Waals surface area contributed by atoms with Crippen molar-refractivity contribution in [2.45, 2.75) is 46.2 Å². The largest absolute Gasteiger partial charge is 0.353 e. The van der Waals surface area contributed by atoms with Crippen LogP contribution in [0.5, 0.6) is 0 Å². The van der Waals surface area contributed by atoms with Crippen LogP contribution >= 0.6 is 0 Å². The van der Waals surface area contributed by atoms with E-state index in [9.17, 15) is 0 Å². The van der Waals surface area contributed by atoms with E-state index >= 15 is 0 Å². The van der Waals surface area contributed by atoms with E-state index in [1.165, 1.54) is 6.42 Å². The van der Waals surface area contributed by atoms with Gasteiger partial charge in [-0.05, 0) is 38.2 Å². The highest BCUT2D eigenvalue weighted by molar-refractivity contribution is 5.49. The quantitative estimate of drug-likeness (QED) is 0.873. The Hall–Kier alpha value is -1.09. The molecule has 0 bridgehead atoms. The molecule has 0 radical (unpaired) electrons. The highest BCUT2D eigenvalue weighted by Crippen LogP contribution is 2.33. The SMILES string of the molecule is CC1CC(C)C(C)N(c2ncccc2C(C)N)C1. The molecule has 100 valence electrons. The van der Waals surface area contributed by atoms with Gasteiger partial charge in [-0.15, -0.1) is 0 Å². The molecular weight excluding hydrogens is 222 g/mol. The summed E-state index contributed by atoms with van der Waals surface area (Å²) in [4.78, 5) is 7.03.